The number of ether oxygens (including phenoxy) is 3. The van der Waals surface area contributed by atoms with E-state index in [-0.39, 0.29) is 19.2 Å². The number of alkyl carbamates (subject to hydrolysis) is 2. The highest BCUT2D eigenvalue weighted by Gasteiger charge is 2.35. The first-order valence-corrected chi connectivity index (χ1v) is 15.7. The van der Waals surface area contributed by atoms with Gasteiger partial charge in [-0.2, -0.15) is 0 Å². The summed E-state index contributed by atoms with van der Waals surface area (Å²) in [5, 5.41) is 18.7. The van der Waals surface area contributed by atoms with Crippen molar-refractivity contribution in [3.63, 3.8) is 0 Å². The van der Waals surface area contributed by atoms with Gasteiger partial charge in [-0.15, -0.1) is 0 Å². The summed E-state index contributed by atoms with van der Waals surface area (Å²) in [6, 6.07) is 21.2. The first-order chi connectivity index (χ1) is 22.5. The highest BCUT2D eigenvalue weighted by molar-refractivity contribution is 5.86. The fourth-order valence-corrected chi connectivity index (χ4v) is 5.20. The number of pyridine rings is 1. The number of aromatic nitrogens is 1. The molecular weight excluding hydrogens is 602 g/mol. The van der Waals surface area contributed by atoms with E-state index in [0.717, 1.165) is 22.4 Å². The molecule has 1 fully saturated rings. The van der Waals surface area contributed by atoms with E-state index in [2.05, 4.69) is 21.0 Å². The van der Waals surface area contributed by atoms with E-state index in [1.165, 1.54) is 7.11 Å². The van der Waals surface area contributed by atoms with Crippen molar-refractivity contribution in [2.24, 2.45) is 5.41 Å². The van der Waals surface area contributed by atoms with Gasteiger partial charge in [0.15, 0.2) is 0 Å². The number of nitrogens with zero attached hydrogens (tertiary/aromatic N) is 2. The van der Waals surface area contributed by atoms with Gasteiger partial charge in [0.1, 0.15) is 12.1 Å². The minimum atomic E-state index is -1.14. The fourth-order valence-electron chi connectivity index (χ4n) is 5.20. The third kappa shape index (κ3) is 11.1. The molecule has 1 saturated heterocycles. The van der Waals surface area contributed by atoms with E-state index in [0.29, 0.717) is 26.1 Å². The molecule has 12 nitrogen and oxygen atoms in total. The predicted molar refractivity (Wildman–Crippen MR) is 176 cm³/mol. The fraction of sp³-hybridized carbons (Fsp3) is 0.429. The Labute approximate surface area is 275 Å². The van der Waals surface area contributed by atoms with Crippen molar-refractivity contribution >= 4 is 18.1 Å². The zero-order valence-electron chi connectivity index (χ0n) is 27.3. The molecule has 1 aliphatic heterocycles. The van der Waals surface area contributed by atoms with Crippen molar-refractivity contribution in [2.75, 3.05) is 26.9 Å². The first-order valence-electron chi connectivity index (χ1n) is 15.7. The van der Waals surface area contributed by atoms with Crippen LogP contribution in [0.25, 0.3) is 11.3 Å². The summed E-state index contributed by atoms with van der Waals surface area (Å²) < 4.78 is 15.6. The van der Waals surface area contributed by atoms with Crippen LogP contribution in [0.3, 0.4) is 0 Å². The van der Waals surface area contributed by atoms with Crippen LogP contribution in [-0.2, 0) is 32.0 Å². The van der Waals surface area contributed by atoms with Crippen LogP contribution >= 0.6 is 0 Å². The summed E-state index contributed by atoms with van der Waals surface area (Å²) in [5.41, 5.74) is 5.73. The number of methoxy groups -OCH3 is 1. The van der Waals surface area contributed by atoms with Crippen LogP contribution in [0.1, 0.15) is 38.3 Å². The molecule has 4 unspecified atom stereocenters. The molecule has 0 radical (unpaired) electrons. The maximum absolute atomic E-state index is 13.7. The number of aliphatic hydroxyl groups excluding tert-OH is 1. The Balaban J connectivity index is 1.56. The van der Waals surface area contributed by atoms with E-state index >= 15 is 0 Å². The molecule has 4 rings (SSSR count). The lowest BCUT2D eigenvalue weighted by atomic mass is 9.86. The standard InChI is InChI=1S/C35H45N5O7/c1-35(2,3)31(38-33(43)45-4)32(42)39-40(21-25-13-15-26(16-14-25)28-12-8-9-18-36-28)22-30(41)29(20-24-10-6-5-7-11-24)37-34(44)47-27-17-19-46-23-27/h5-16,18,27,29-31,41H,17,19-23H2,1-4H3,(H,37,44)(H,38,43)(H,39,42). The molecule has 1 aromatic heterocycles. The van der Waals surface area contributed by atoms with Crippen molar-refractivity contribution in [3.8, 4) is 11.3 Å². The topological polar surface area (TPSA) is 151 Å². The second kappa shape index (κ2) is 16.9. The molecule has 4 N–H and O–H groups in total. The molecule has 2 aromatic carbocycles. The Morgan fingerprint density at radius 3 is 2.32 bits per heavy atom. The quantitative estimate of drug-likeness (QED) is 0.203. The Morgan fingerprint density at radius 1 is 0.979 bits per heavy atom. The van der Waals surface area contributed by atoms with Crippen LogP contribution in [0.2, 0.25) is 0 Å². The molecule has 3 amide bonds. The first kappa shape index (κ1) is 35.3. The predicted octanol–water partition coefficient (Wildman–Crippen LogP) is 3.84. The normalized spacial score (nSPS) is 16.5. The number of hydrazine groups is 1. The van der Waals surface area contributed by atoms with Crippen molar-refractivity contribution in [2.45, 2.75) is 64.4 Å². The molecule has 0 bridgehead atoms. The molecular formula is C35H45N5O7. The minimum Gasteiger partial charge on any atom is -0.453 e. The van der Waals surface area contributed by atoms with Gasteiger partial charge in [-0.05, 0) is 35.1 Å². The van der Waals surface area contributed by atoms with E-state index < -0.39 is 41.7 Å². The summed E-state index contributed by atoms with van der Waals surface area (Å²) >= 11 is 0. The highest BCUT2D eigenvalue weighted by Crippen LogP contribution is 2.21. The van der Waals surface area contributed by atoms with Crippen molar-refractivity contribution in [3.05, 3.63) is 90.1 Å². The molecule has 3 aromatic rings. The van der Waals surface area contributed by atoms with E-state index in [4.69, 9.17) is 14.2 Å². The van der Waals surface area contributed by atoms with Gasteiger partial charge in [0.25, 0.3) is 5.91 Å². The van der Waals surface area contributed by atoms with Crippen molar-refractivity contribution in [1.29, 1.82) is 0 Å². The van der Waals surface area contributed by atoms with Gasteiger partial charge in [0.05, 0.1) is 38.2 Å². The number of carbonyl (C=O) groups excluding carboxylic acids is 3. The zero-order valence-corrected chi connectivity index (χ0v) is 27.3. The van der Waals surface area contributed by atoms with Crippen molar-refractivity contribution in [1.82, 2.24) is 26.1 Å². The number of hydrogen-bond donors (Lipinski definition) is 4. The molecule has 1 aliphatic rings. The number of hydrogen-bond acceptors (Lipinski definition) is 9. The number of carbonyl (C=O) groups is 3. The van der Waals surface area contributed by atoms with Gasteiger partial charge in [0.2, 0.25) is 0 Å². The van der Waals surface area contributed by atoms with Crippen LogP contribution < -0.4 is 16.1 Å². The number of benzene rings is 2. The van der Waals surface area contributed by atoms with Crippen LogP contribution in [0.15, 0.2) is 79.0 Å². The monoisotopic (exact) mass is 647 g/mol. The molecule has 4 atom stereocenters. The largest absolute Gasteiger partial charge is 0.453 e. The smallest absolute Gasteiger partial charge is 0.407 e. The van der Waals surface area contributed by atoms with Gasteiger partial charge in [-0.1, -0.05) is 81.4 Å². The van der Waals surface area contributed by atoms with Gasteiger partial charge < -0.3 is 30.0 Å². The summed E-state index contributed by atoms with van der Waals surface area (Å²) in [7, 11) is 1.23. The second-order valence-corrected chi connectivity index (χ2v) is 12.6. The van der Waals surface area contributed by atoms with E-state index in [1.54, 1.807) is 11.2 Å². The molecule has 47 heavy (non-hydrogen) atoms. The lowest BCUT2D eigenvalue weighted by Crippen LogP contribution is -2.59. The van der Waals surface area contributed by atoms with Crippen LogP contribution in [-0.4, -0.2) is 84.4 Å². The molecule has 0 aliphatic carbocycles. The SMILES string of the molecule is COC(=O)NC(C(=O)NN(Cc1ccc(-c2ccccn2)cc1)CC(O)C(Cc1ccccc1)NC(=O)OC1CCOC1)C(C)(C)C. The summed E-state index contributed by atoms with van der Waals surface area (Å²) in [5.74, 6) is -0.492. The molecule has 0 saturated carbocycles. The Morgan fingerprint density at radius 2 is 1.70 bits per heavy atom. The van der Waals surface area contributed by atoms with E-state index in [1.807, 2.05) is 93.6 Å². The van der Waals surface area contributed by atoms with Crippen molar-refractivity contribution < 1.29 is 33.7 Å². The zero-order chi connectivity index (χ0) is 33.8. The Bertz CT molecular complexity index is 1430. The van der Waals surface area contributed by atoms with E-state index in [9.17, 15) is 19.5 Å². The average Bonchev–Trinajstić information content (AvgIpc) is 3.56. The third-order valence-electron chi connectivity index (χ3n) is 7.77. The molecule has 0 spiro atoms. The summed E-state index contributed by atoms with van der Waals surface area (Å²) in [6.07, 6.45) is -0.248. The molecule has 2 heterocycles. The maximum Gasteiger partial charge on any atom is 0.407 e. The molecule has 12 heteroatoms. The summed E-state index contributed by atoms with van der Waals surface area (Å²) in [4.78, 5) is 43.1. The van der Waals surface area contributed by atoms with Crippen LogP contribution in [0, 0.1) is 5.41 Å². The Hall–Kier alpha value is -4.52. The Kier molecular flexibility index (Phi) is 12.7. The minimum absolute atomic E-state index is 0.0624. The average molecular weight is 648 g/mol. The lowest BCUT2D eigenvalue weighted by Gasteiger charge is -2.34. The third-order valence-corrected chi connectivity index (χ3v) is 7.77. The van der Waals surface area contributed by atoms with Gasteiger partial charge in [-0.25, -0.2) is 14.6 Å². The van der Waals surface area contributed by atoms with Crippen LogP contribution in [0.5, 0.6) is 0 Å². The lowest BCUT2D eigenvalue weighted by molar-refractivity contribution is -0.131. The highest BCUT2D eigenvalue weighted by atomic mass is 16.6. The summed E-state index contributed by atoms with van der Waals surface area (Å²) in [6.45, 7) is 6.46. The van der Waals surface area contributed by atoms with Crippen LogP contribution in [0.4, 0.5) is 9.59 Å². The number of nitrogens with one attached hydrogen (secondary N) is 3. The molecule has 252 valence electrons. The number of aliphatic hydroxyl groups is 1. The number of rotatable bonds is 13. The number of amides is 3. The van der Waals surface area contributed by atoms with Gasteiger partial charge >= 0.3 is 12.2 Å². The second-order valence-electron chi connectivity index (χ2n) is 12.6. The van der Waals surface area contributed by atoms with Gasteiger partial charge in [-0.3, -0.25) is 15.2 Å². The maximum atomic E-state index is 13.7. The van der Waals surface area contributed by atoms with Gasteiger partial charge in [0, 0.05) is 31.3 Å².